The number of alkyl halides is 3. The molecule has 0 heterocycles. The summed E-state index contributed by atoms with van der Waals surface area (Å²) in [7, 11) is 2.00. The Balaban J connectivity index is 2.62. The molecular weight excluding hydrogens is 267 g/mol. The largest absolute Gasteiger partial charge is 0.418 e. The van der Waals surface area contributed by atoms with Crippen molar-refractivity contribution in [2.75, 3.05) is 31.2 Å². The molecule has 20 heavy (non-hydrogen) atoms. The lowest BCUT2D eigenvalue weighted by Crippen LogP contribution is -2.32. The van der Waals surface area contributed by atoms with E-state index in [2.05, 4.69) is 24.1 Å². The van der Waals surface area contributed by atoms with Crippen LogP contribution in [0.1, 0.15) is 25.8 Å². The Kier molecular flexibility index (Phi) is 5.68. The van der Waals surface area contributed by atoms with Crippen molar-refractivity contribution in [2.45, 2.75) is 32.5 Å². The van der Waals surface area contributed by atoms with Crippen molar-refractivity contribution in [3.05, 3.63) is 23.8 Å². The van der Waals surface area contributed by atoms with Gasteiger partial charge < -0.3 is 16.0 Å². The van der Waals surface area contributed by atoms with E-state index in [1.807, 2.05) is 7.05 Å². The van der Waals surface area contributed by atoms with Crippen molar-refractivity contribution in [2.24, 2.45) is 0 Å². The predicted molar refractivity (Wildman–Crippen MR) is 76.7 cm³/mol. The molecule has 0 radical (unpaired) electrons. The molecule has 1 atom stereocenters. The van der Waals surface area contributed by atoms with Crippen molar-refractivity contribution < 1.29 is 13.2 Å². The number of nitrogens with zero attached hydrogens (tertiary/aromatic N) is 1. The molecule has 3 N–H and O–H groups in total. The monoisotopic (exact) mass is 289 g/mol. The van der Waals surface area contributed by atoms with Gasteiger partial charge in [-0.3, -0.25) is 0 Å². The summed E-state index contributed by atoms with van der Waals surface area (Å²) in [5, 5.41) is 3.00. The zero-order chi connectivity index (χ0) is 15.3. The Bertz CT molecular complexity index is 432. The summed E-state index contributed by atoms with van der Waals surface area (Å²) >= 11 is 0. The van der Waals surface area contributed by atoms with Crippen LogP contribution in [0, 0.1) is 0 Å². The Labute approximate surface area is 117 Å². The first kappa shape index (κ1) is 16.6. The van der Waals surface area contributed by atoms with E-state index in [-0.39, 0.29) is 5.69 Å². The highest BCUT2D eigenvalue weighted by atomic mass is 19.4. The van der Waals surface area contributed by atoms with Gasteiger partial charge >= 0.3 is 6.18 Å². The van der Waals surface area contributed by atoms with E-state index in [9.17, 15) is 13.2 Å². The maximum Gasteiger partial charge on any atom is 0.418 e. The molecule has 0 saturated heterocycles. The van der Waals surface area contributed by atoms with E-state index < -0.39 is 11.7 Å². The van der Waals surface area contributed by atoms with Gasteiger partial charge in [-0.2, -0.15) is 13.2 Å². The van der Waals surface area contributed by atoms with Gasteiger partial charge in [-0.1, -0.05) is 6.92 Å². The summed E-state index contributed by atoms with van der Waals surface area (Å²) in [6, 6.07) is 4.35. The maximum absolute atomic E-state index is 12.7. The van der Waals surface area contributed by atoms with Gasteiger partial charge in [-0.25, -0.2) is 0 Å². The summed E-state index contributed by atoms with van der Waals surface area (Å²) in [5.74, 6) is 0. The molecule has 0 spiro atoms. The van der Waals surface area contributed by atoms with Crippen LogP contribution < -0.4 is 11.1 Å². The number of hydrogen-bond acceptors (Lipinski definition) is 3. The molecule has 1 unspecified atom stereocenters. The second-order valence-corrected chi connectivity index (χ2v) is 4.96. The number of nitrogens with one attached hydrogen (secondary N) is 1. The van der Waals surface area contributed by atoms with Gasteiger partial charge in [0, 0.05) is 30.5 Å². The molecule has 1 rings (SSSR count). The molecular formula is C14H22F3N3. The fourth-order valence-corrected chi connectivity index (χ4v) is 1.82. The topological polar surface area (TPSA) is 41.3 Å². The highest BCUT2D eigenvalue weighted by molar-refractivity contribution is 5.58. The standard InChI is InChI=1S/C14H22F3N3/c1-4-10(2)20(3)8-7-19-11-5-6-13(18)12(9-11)14(15,16)17/h5-6,9-10,19H,4,7-8,18H2,1-3H3. The number of anilines is 2. The van der Waals surface area contributed by atoms with Crippen molar-refractivity contribution >= 4 is 11.4 Å². The predicted octanol–water partition coefficient (Wildman–Crippen LogP) is 3.43. The Morgan fingerprint density at radius 2 is 2.00 bits per heavy atom. The van der Waals surface area contributed by atoms with E-state index in [0.29, 0.717) is 18.3 Å². The zero-order valence-corrected chi connectivity index (χ0v) is 12.1. The Hall–Kier alpha value is -1.43. The van der Waals surface area contributed by atoms with E-state index in [1.165, 1.54) is 6.07 Å². The first-order chi connectivity index (χ1) is 9.25. The van der Waals surface area contributed by atoms with Crippen LogP contribution in [0.5, 0.6) is 0 Å². The van der Waals surface area contributed by atoms with Crippen LogP contribution in [-0.4, -0.2) is 31.1 Å². The molecule has 114 valence electrons. The lowest BCUT2D eigenvalue weighted by atomic mass is 10.1. The molecule has 0 saturated carbocycles. The summed E-state index contributed by atoms with van der Waals surface area (Å²) in [5.41, 5.74) is 4.74. The number of hydrogen-bond donors (Lipinski definition) is 2. The van der Waals surface area contributed by atoms with Gasteiger partial charge in [0.2, 0.25) is 0 Å². The van der Waals surface area contributed by atoms with Crippen molar-refractivity contribution in [1.29, 1.82) is 0 Å². The molecule has 1 aromatic rings. The third kappa shape index (κ3) is 4.59. The van der Waals surface area contributed by atoms with Gasteiger partial charge in [0.05, 0.1) is 5.56 Å². The maximum atomic E-state index is 12.7. The van der Waals surface area contributed by atoms with Crippen molar-refractivity contribution in [3.63, 3.8) is 0 Å². The third-order valence-corrected chi connectivity index (χ3v) is 3.50. The van der Waals surface area contributed by atoms with Crippen LogP contribution in [0.2, 0.25) is 0 Å². The smallest absolute Gasteiger partial charge is 0.398 e. The highest BCUT2D eigenvalue weighted by Gasteiger charge is 2.33. The number of benzene rings is 1. The minimum Gasteiger partial charge on any atom is -0.398 e. The molecule has 0 aliphatic carbocycles. The Morgan fingerprint density at radius 1 is 1.35 bits per heavy atom. The molecule has 3 nitrogen and oxygen atoms in total. The molecule has 0 bridgehead atoms. The van der Waals surface area contributed by atoms with Crippen LogP contribution in [0.4, 0.5) is 24.5 Å². The van der Waals surface area contributed by atoms with Gasteiger partial charge in [0.1, 0.15) is 0 Å². The summed E-state index contributed by atoms with van der Waals surface area (Å²) < 4.78 is 38.1. The van der Waals surface area contributed by atoms with Crippen LogP contribution in [0.15, 0.2) is 18.2 Å². The average Bonchev–Trinajstić information content (AvgIpc) is 2.38. The molecule has 0 aromatic heterocycles. The zero-order valence-electron chi connectivity index (χ0n) is 12.1. The summed E-state index contributed by atoms with van der Waals surface area (Å²) in [6.45, 7) is 5.57. The summed E-state index contributed by atoms with van der Waals surface area (Å²) in [6.07, 6.45) is -3.38. The first-order valence-corrected chi connectivity index (χ1v) is 6.66. The molecule has 6 heteroatoms. The van der Waals surface area contributed by atoms with Crippen LogP contribution in [0.3, 0.4) is 0 Å². The van der Waals surface area contributed by atoms with E-state index in [0.717, 1.165) is 19.0 Å². The minimum absolute atomic E-state index is 0.250. The van der Waals surface area contributed by atoms with Gasteiger partial charge in [0.25, 0.3) is 0 Å². The van der Waals surface area contributed by atoms with Crippen LogP contribution in [0.25, 0.3) is 0 Å². The minimum atomic E-state index is -4.42. The highest BCUT2D eigenvalue weighted by Crippen LogP contribution is 2.35. The second-order valence-electron chi connectivity index (χ2n) is 4.96. The van der Waals surface area contributed by atoms with Crippen LogP contribution in [-0.2, 0) is 6.18 Å². The summed E-state index contributed by atoms with van der Waals surface area (Å²) in [4.78, 5) is 2.16. The van der Waals surface area contributed by atoms with E-state index in [1.54, 1.807) is 6.07 Å². The molecule has 1 aromatic carbocycles. The first-order valence-electron chi connectivity index (χ1n) is 6.66. The molecule has 0 aliphatic heterocycles. The normalized spacial score (nSPS) is 13.6. The van der Waals surface area contributed by atoms with Gasteiger partial charge in [0.15, 0.2) is 0 Å². The van der Waals surface area contributed by atoms with E-state index >= 15 is 0 Å². The lowest BCUT2D eigenvalue weighted by molar-refractivity contribution is -0.136. The number of likely N-dealkylation sites (N-methyl/N-ethyl adjacent to an activating group) is 1. The fourth-order valence-electron chi connectivity index (χ4n) is 1.82. The number of rotatable bonds is 6. The molecule has 0 aliphatic rings. The number of nitrogens with two attached hydrogens (primary N) is 1. The van der Waals surface area contributed by atoms with E-state index in [4.69, 9.17) is 5.73 Å². The molecule has 0 amide bonds. The van der Waals surface area contributed by atoms with Crippen molar-refractivity contribution in [1.82, 2.24) is 4.90 Å². The third-order valence-electron chi connectivity index (χ3n) is 3.50. The fraction of sp³-hybridized carbons (Fsp3) is 0.571. The second kappa shape index (κ2) is 6.83. The quantitative estimate of drug-likeness (QED) is 0.788. The number of halogens is 3. The van der Waals surface area contributed by atoms with Gasteiger partial charge in [-0.15, -0.1) is 0 Å². The average molecular weight is 289 g/mol. The van der Waals surface area contributed by atoms with Crippen molar-refractivity contribution in [3.8, 4) is 0 Å². The number of nitrogen functional groups attached to an aromatic ring is 1. The Morgan fingerprint density at radius 3 is 2.55 bits per heavy atom. The van der Waals surface area contributed by atoms with Crippen LogP contribution >= 0.6 is 0 Å². The lowest BCUT2D eigenvalue weighted by Gasteiger charge is -2.23. The van der Waals surface area contributed by atoms with Gasteiger partial charge in [-0.05, 0) is 38.6 Å². The SMILES string of the molecule is CCC(C)N(C)CCNc1ccc(N)c(C(F)(F)F)c1. The molecule has 0 fully saturated rings.